The molecule has 3 nitrogen and oxygen atoms in total. The van der Waals surface area contributed by atoms with Gasteiger partial charge in [0, 0.05) is 25.3 Å². The lowest BCUT2D eigenvalue weighted by Crippen LogP contribution is -2.23. The van der Waals surface area contributed by atoms with E-state index in [1.807, 2.05) is 0 Å². The molecule has 1 aliphatic heterocycles. The van der Waals surface area contributed by atoms with E-state index in [9.17, 15) is 4.39 Å². The summed E-state index contributed by atoms with van der Waals surface area (Å²) < 4.78 is 13.3. The van der Waals surface area contributed by atoms with E-state index in [2.05, 4.69) is 4.90 Å². The minimum absolute atomic E-state index is 0.233. The van der Waals surface area contributed by atoms with Crippen molar-refractivity contribution in [2.24, 2.45) is 11.7 Å². The number of hydrogen-bond donors (Lipinski definition) is 2. The maximum atomic E-state index is 13.3. The van der Waals surface area contributed by atoms with Crippen LogP contribution in [0.5, 0.6) is 0 Å². The molecule has 1 saturated heterocycles. The first-order chi connectivity index (χ1) is 9.10. The summed E-state index contributed by atoms with van der Waals surface area (Å²) in [4.78, 5) is 2.57. The summed E-state index contributed by atoms with van der Waals surface area (Å²) in [6.45, 7) is 2.80. The number of aliphatic hydroxyl groups excluding tert-OH is 1. The molecule has 0 bridgehead atoms. The summed E-state index contributed by atoms with van der Waals surface area (Å²) in [6, 6.07) is 4.54. The highest BCUT2D eigenvalue weighted by Crippen LogP contribution is 2.22. The smallest absolute Gasteiger partial charge is 0.123 e. The third-order valence-corrected chi connectivity index (χ3v) is 3.85. The van der Waals surface area contributed by atoms with E-state index in [0.717, 1.165) is 37.1 Å². The number of aliphatic hydroxyl groups is 1. The number of thiocarbonyl (C=S) groups is 1. The van der Waals surface area contributed by atoms with Crippen LogP contribution in [0.3, 0.4) is 0 Å². The van der Waals surface area contributed by atoms with Gasteiger partial charge in [-0.05, 0) is 49.1 Å². The van der Waals surface area contributed by atoms with Crippen molar-refractivity contribution >= 4 is 17.2 Å². The van der Waals surface area contributed by atoms with Gasteiger partial charge in [-0.15, -0.1) is 0 Å². The Morgan fingerprint density at radius 3 is 3.00 bits per heavy atom. The number of nitrogens with zero attached hydrogens (tertiary/aromatic N) is 1. The summed E-state index contributed by atoms with van der Waals surface area (Å²) in [5.41, 5.74) is 7.27. The molecule has 1 aromatic carbocycles. The highest BCUT2D eigenvalue weighted by atomic mass is 32.1. The van der Waals surface area contributed by atoms with Gasteiger partial charge in [-0.2, -0.15) is 0 Å². The number of nitrogens with two attached hydrogens (primary N) is 1. The van der Waals surface area contributed by atoms with Gasteiger partial charge >= 0.3 is 0 Å². The maximum absolute atomic E-state index is 13.3. The Labute approximate surface area is 118 Å². The Balaban J connectivity index is 2.07. The maximum Gasteiger partial charge on any atom is 0.123 e. The second-order valence-corrected chi connectivity index (χ2v) is 5.51. The zero-order valence-electron chi connectivity index (χ0n) is 10.8. The quantitative estimate of drug-likeness (QED) is 0.807. The molecule has 1 heterocycles. The molecule has 5 heteroatoms. The van der Waals surface area contributed by atoms with Crippen LogP contribution in [0.4, 0.5) is 4.39 Å². The lowest BCUT2D eigenvalue weighted by molar-refractivity contribution is 0.249. The fourth-order valence-electron chi connectivity index (χ4n) is 2.65. The van der Waals surface area contributed by atoms with Crippen LogP contribution in [0.15, 0.2) is 18.2 Å². The number of likely N-dealkylation sites (tertiary alicyclic amines) is 1. The molecule has 2 rings (SSSR count). The van der Waals surface area contributed by atoms with Crippen LogP contribution in [0.2, 0.25) is 0 Å². The molecule has 1 unspecified atom stereocenters. The molecule has 19 heavy (non-hydrogen) atoms. The Hall–Kier alpha value is -1.04. The van der Waals surface area contributed by atoms with Crippen molar-refractivity contribution in [1.29, 1.82) is 0 Å². The number of rotatable bonds is 5. The van der Waals surface area contributed by atoms with Crippen molar-refractivity contribution < 1.29 is 9.50 Å². The summed E-state index contributed by atoms with van der Waals surface area (Å²) in [5, 5.41) is 8.95. The molecule has 0 saturated carbocycles. The van der Waals surface area contributed by atoms with Gasteiger partial charge in [0.1, 0.15) is 10.8 Å². The van der Waals surface area contributed by atoms with Crippen molar-refractivity contribution in [3.8, 4) is 0 Å². The first-order valence-corrected chi connectivity index (χ1v) is 6.92. The van der Waals surface area contributed by atoms with E-state index in [4.69, 9.17) is 23.1 Å². The third-order valence-electron chi connectivity index (χ3n) is 3.63. The Kier molecular flexibility index (Phi) is 4.85. The molecule has 1 fully saturated rings. The zero-order valence-corrected chi connectivity index (χ0v) is 11.6. The van der Waals surface area contributed by atoms with Crippen molar-refractivity contribution in [3.63, 3.8) is 0 Å². The monoisotopic (exact) mass is 282 g/mol. The van der Waals surface area contributed by atoms with Crippen molar-refractivity contribution in [3.05, 3.63) is 35.1 Å². The van der Waals surface area contributed by atoms with Crippen LogP contribution in [-0.4, -0.2) is 34.7 Å². The molecule has 3 N–H and O–H groups in total. The summed E-state index contributed by atoms with van der Waals surface area (Å²) in [7, 11) is 0. The first kappa shape index (κ1) is 14.4. The Morgan fingerprint density at radius 1 is 1.53 bits per heavy atom. The normalized spacial score (nSPS) is 19.8. The zero-order chi connectivity index (χ0) is 13.8. The van der Waals surface area contributed by atoms with E-state index in [-0.39, 0.29) is 12.4 Å². The van der Waals surface area contributed by atoms with Crippen molar-refractivity contribution in [2.75, 3.05) is 19.7 Å². The van der Waals surface area contributed by atoms with Gasteiger partial charge in [0.2, 0.25) is 0 Å². The van der Waals surface area contributed by atoms with E-state index in [1.165, 1.54) is 12.1 Å². The van der Waals surface area contributed by atoms with Crippen LogP contribution in [0.1, 0.15) is 24.0 Å². The van der Waals surface area contributed by atoms with E-state index in [1.54, 1.807) is 6.07 Å². The number of halogens is 1. The molecule has 1 atom stereocenters. The van der Waals surface area contributed by atoms with E-state index < -0.39 is 0 Å². The number of benzene rings is 1. The lowest BCUT2D eigenvalue weighted by Gasteiger charge is -2.18. The fourth-order valence-corrected chi connectivity index (χ4v) is 2.85. The second-order valence-electron chi connectivity index (χ2n) is 5.07. The average molecular weight is 282 g/mol. The third kappa shape index (κ3) is 3.72. The molecule has 0 amide bonds. The van der Waals surface area contributed by atoms with E-state index >= 15 is 0 Å². The van der Waals surface area contributed by atoms with Gasteiger partial charge in [-0.25, -0.2) is 4.39 Å². The topological polar surface area (TPSA) is 49.5 Å². The minimum atomic E-state index is -0.263. The van der Waals surface area contributed by atoms with Gasteiger partial charge in [-0.3, -0.25) is 4.90 Å². The predicted molar refractivity (Wildman–Crippen MR) is 77.4 cm³/mol. The Morgan fingerprint density at radius 2 is 2.32 bits per heavy atom. The average Bonchev–Trinajstić information content (AvgIpc) is 2.77. The summed E-state index contributed by atoms with van der Waals surface area (Å²) >= 11 is 5.00. The molecular formula is C14H19FN2OS. The molecule has 1 aromatic rings. The van der Waals surface area contributed by atoms with Crippen LogP contribution in [0.25, 0.3) is 0 Å². The van der Waals surface area contributed by atoms with Crippen molar-refractivity contribution in [2.45, 2.75) is 19.4 Å². The molecule has 0 spiro atoms. The van der Waals surface area contributed by atoms with Crippen LogP contribution in [0, 0.1) is 11.7 Å². The number of hydrogen-bond acceptors (Lipinski definition) is 3. The van der Waals surface area contributed by atoms with Gasteiger partial charge in [0.15, 0.2) is 0 Å². The predicted octanol–water partition coefficient (Wildman–Crippen LogP) is 1.66. The standard InChI is InChI=1S/C14H19FN2OS/c15-12-1-2-13(14(16)19)11(7-12)9-17-5-3-10(8-17)4-6-18/h1-2,7,10,18H,3-6,8-9H2,(H2,16,19). The SMILES string of the molecule is NC(=S)c1ccc(F)cc1CN1CCC(CCO)C1. The lowest BCUT2D eigenvalue weighted by atomic mass is 10.1. The minimum Gasteiger partial charge on any atom is -0.396 e. The first-order valence-electron chi connectivity index (χ1n) is 6.51. The second kappa shape index (κ2) is 6.41. The largest absolute Gasteiger partial charge is 0.396 e. The van der Waals surface area contributed by atoms with Gasteiger partial charge < -0.3 is 10.8 Å². The van der Waals surface area contributed by atoms with Crippen LogP contribution in [-0.2, 0) is 6.54 Å². The highest BCUT2D eigenvalue weighted by Gasteiger charge is 2.22. The molecule has 1 aliphatic rings. The Bertz CT molecular complexity index is 467. The molecule has 0 radical (unpaired) electrons. The summed E-state index contributed by atoms with van der Waals surface area (Å²) in [6.07, 6.45) is 1.92. The molecule has 0 aliphatic carbocycles. The highest BCUT2D eigenvalue weighted by molar-refractivity contribution is 7.80. The van der Waals surface area contributed by atoms with E-state index in [0.29, 0.717) is 17.5 Å². The van der Waals surface area contributed by atoms with Gasteiger partial charge in [-0.1, -0.05) is 12.2 Å². The van der Waals surface area contributed by atoms with Gasteiger partial charge in [0.05, 0.1) is 0 Å². The van der Waals surface area contributed by atoms with Crippen LogP contribution < -0.4 is 5.73 Å². The molecule has 0 aromatic heterocycles. The molecular weight excluding hydrogens is 263 g/mol. The van der Waals surface area contributed by atoms with Crippen molar-refractivity contribution in [1.82, 2.24) is 4.90 Å². The van der Waals surface area contributed by atoms with Gasteiger partial charge in [0.25, 0.3) is 0 Å². The molecule has 104 valence electrons. The van der Waals surface area contributed by atoms with Crippen LogP contribution >= 0.6 is 12.2 Å². The fraction of sp³-hybridized carbons (Fsp3) is 0.500. The summed E-state index contributed by atoms with van der Waals surface area (Å²) in [5.74, 6) is 0.271.